The highest BCUT2D eigenvalue weighted by Crippen LogP contribution is 2.28. The normalized spacial score (nSPS) is 10.4. The largest absolute Gasteiger partial charge is 0.490 e. The zero-order chi connectivity index (χ0) is 13.2. The summed E-state index contributed by atoms with van der Waals surface area (Å²) in [6.07, 6.45) is 1.13. The fourth-order valence-corrected chi connectivity index (χ4v) is 1.58. The highest BCUT2D eigenvalue weighted by molar-refractivity contribution is 5.43. The van der Waals surface area contributed by atoms with Gasteiger partial charge in [-0.15, -0.1) is 0 Å². The Morgan fingerprint density at radius 2 is 1.94 bits per heavy atom. The number of benzene rings is 1. The summed E-state index contributed by atoms with van der Waals surface area (Å²) in [5.74, 6) is 1.49. The number of hydrogen-bond donors (Lipinski definition) is 1. The molecule has 0 spiro atoms. The molecule has 0 fully saturated rings. The molecule has 4 heteroatoms. The van der Waals surface area contributed by atoms with Gasteiger partial charge in [0.1, 0.15) is 0 Å². The summed E-state index contributed by atoms with van der Waals surface area (Å²) in [5.41, 5.74) is 1.19. The van der Waals surface area contributed by atoms with Crippen LogP contribution in [-0.2, 0) is 11.3 Å². The highest BCUT2D eigenvalue weighted by Gasteiger charge is 2.06. The summed E-state index contributed by atoms with van der Waals surface area (Å²) in [6.45, 7) is 6.83. The SMILES string of the molecule is CCCNCc1ccc(OCOC)c(OCC)c1. The maximum absolute atomic E-state index is 5.57. The second-order valence-corrected chi connectivity index (χ2v) is 3.94. The Bertz CT molecular complexity index is 342. The van der Waals surface area contributed by atoms with Crippen molar-refractivity contribution in [3.05, 3.63) is 23.8 Å². The molecule has 0 saturated carbocycles. The zero-order valence-electron chi connectivity index (χ0n) is 11.5. The van der Waals surface area contributed by atoms with E-state index < -0.39 is 0 Å². The van der Waals surface area contributed by atoms with Crippen LogP contribution in [0.25, 0.3) is 0 Å². The van der Waals surface area contributed by atoms with Crippen molar-refractivity contribution in [2.45, 2.75) is 26.8 Å². The van der Waals surface area contributed by atoms with E-state index in [1.807, 2.05) is 25.1 Å². The molecule has 1 aromatic carbocycles. The van der Waals surface area contributed by atoms with Crippen LogP contribution in [0.5, 0.6) is 11.5 Å². The summed E-state index contributed by atoms with van der Waals surface area (Å²) in [6, 6.07) is 5.97. The Balaban J connectivity index is 2.68. The Morgan fingerprint density at radius 1 is 1.11 bits per heavy atom. The van der Waals surface area contributed by atoms with E-state index in [1.165, 1.54) is 5.56 Å². The molecule has 0 heterocycles. The molecule has 18 heavy (non-hydrogen) atoms. The molecule has 1 N–H and O–H groups in total. The third-order valence-electron chi connectivity index (χ3n) is 2.40. The molecule has 0 amide bonds. The summed E-state index contributed by atoms with van der Waals surface area (Å²) < 4.78 is 15.9. The third-order valence-corrected chi connectivity index (χ3v) is 2.40. The quantitative estimate of drug-likeness (QED) is 0.542. The van der Waals surface area contributed by atoms with Crippen molar-refractivity contribution in [3.63, 3.8) is 0 Å². The maximum Gasteiger partial charge on any atom is 0.188 e. The summed E-state index contributed by atoms with van der Waals surface area (Å²) in [4.78, 5) is 0. The van der Waals surface area contributed by atoms with E-state index >= 15 is 0 Å². The zero-order valence-corrected chi connectivity index (χ0v) is 11.5. The molecule has 0 aromatic heterocycles. The second kappa shape index (κ2) is 8.78. The van der Waals surface area contributed by atoms with Crippen molar-refractivity contribution in [1.82, 2.24) is 5.32 Å². The van der Waals surface area contributed by atoms with Crippen LogP contribution >= 0.6 is 0 Å². The lowest BCUT2D eigenvalue weighted by Crippen LogP contribution is -2.14. The van der Waals surface area contributed by atoms with E-state index in [0.29, 0.717) is 6.61 Å². The van der Waals surface area contributed by atoms with Gasteiger partial charge in [-0.2, -0.15) is 0 Å². The van der Waals surface area contributed by atoms with Gasteiger partial charge in [-0.05, 0) is 37.6 Å². The van der Waals surface area contributed by atoms with E-state index in [0.717, 1.165) is 31.0 Å². The number of ether oxygens (including phenoxy) is 3. The topological polar surface area (TPSA) is 39.7 Å². The van der Waals surface area contributed by atoms with Crippen molar-refractivity contribution < 1.29 is 14.2 Å². The van der Waals surface area contributed by atoms with Crippen molar-refractivity contribution in [3.8, 4) is 11.5 Å². The van der Waals surface area contributed by atoms with Crippen LogP contribution in [0.3, 0.4) is 0 Å². The van der Waals surface area contributed by atoms with E-state index in [-0.39, 0.29) is 6.79 Å². The summed E-state index contributed by atoms with van der Waals surface area (Å²) in [7, 11) is 1.60. The molecule has 102 valence electrons. The lowest BCUT2D eigenvalue weighted by atomic mass is 10.2. The Labute approximate surface area is 109 Å². The molecular weight excluding hydrogens is 230 g/mol. The van der Waals surface area contributed by atoms with E-state index in [4.69, 9.17) is 14.2 Å². The van der Waals surface area contributed by atoms with Crippen LogP contribution in [0, 0.1) is 0 Å². The monoisotopic (exact) mass is 253 g/mol. The maximum atomic E-state index is 5.57. The fraction of sp³-hybridized carbons (Fsp3) is 0.571. The molecule has 0 bridgehead atoms. The minimum Gasteiger partial charge on any atom is -0.490 e. The van der Waals surface area contributed by atoms with Gasteiger partial charge in [0, 0.05) is 13.7 Å². The fourth-order valence-electron chi connectivity index (χ4n) is 1.58. The van der Waals surface area contributed by atoms with Gasteiger partial charge < -0.3 is 19.5 Å². The van der Waals surface area contributed by atoms with Gasteiger partial charge in [0.05, 0.1) is 6.61 Å². The standard InChI is InChI=1S/C14H23NO3/c1-4-8-15-10-12-6-7-13(18-11-16-3)14(9-12)17-5-2/h6-7,9,15H,4-5,8,10-11H2,1-3H3. The van der Waals surface area contributed by atoms with Gasteiger partial charge in [-0.3, -0.25) is 0 Å². The average molecular weight is 253 g/mol. The van der Waals surface area contributed by atoms with Gasteiger partial charge >= 0.3 is 0 Å². The lowest BCUT2D eigenvalue weighted by molar-refractivity contribution is 0.0487. The molecule has 0 saturated heterocycles. The predicted molar refractivity (Wildman–Crippen MR) is 72.1 cm³/mol. The molecule has 0 aliphatic rings. The molecule has 0 atom stereocenters. The number of rotatable bonds is 9. The number of hydrogen-bond acceptors (Lipinski definition) is 4. The Hall–Kier alpha value is -1.26. The first kappa shape index (κ1) is 14.8. The molecule has 0 unspecified atom stereocenters. The van der Waals surface area contributed by atoms with Crippen LogP contribution in [0.2, 0.25) is 0 Å². The molecule has 1 rings (SSSR count). The molecule has 0 aliphatic carbocycles. The van der Waals surface area contributed by atoms with Crippen molar-refractivity contribution in [2.75, 3.05) is 27.1 Å². The Kier molecular flexibility index (Phi) is 7.22. The van der Waals surface area contributed by atoms with Gasteiger partial charge in [-0.1, -0.05) is 13.0 Å². The first-order valence-electron chi connectivity index (χ1n) is 6.40. The number of methoxy groups -OCH3 is 1. The lowest BCUT2D eigenvalue weighted by Gasteiger charge is -2.13. The van der Waals surface area contributed by atoms with Crippen molar-refractivity contribution in [1.29, 1.82) is 0 Å². The van der Waals surface area contributed by atoms with E-state index in [1.54, 1.807) is 7.11 Å². The molecule has 0 aliphatic heterocycles. The minimum absolute atomic E-state index is 0.230. The molecule has 4 nitrogen and oxygen atoms in total. The first-order valence-corrected chi connectivity index (χ1v) is 6.40. The summed E-state index contributed by atoms with van der Waals surface area (Å²) in [5, 5.41) is 3.36. The van der Waals surface area contributed by atoms with Crippen molar-refractivity contribution in [2.24, 2.45) is 0 Å². The van der Waals surface area contributed by atoms with Crippen molar-refractivity contribution >= 4 is 0 Å². The summed E-state index contributed by atoms with van der Waals surface area (Å²) >= 11 is 0. The van der Waals surface area contributed by atoms with Crippen LogP contribution in [-0.4, -0.2) is 27.1 Å². The van der Waals surface area contributed by atoms with Crippen LogP contribution in [0.1, 0.15) is 25.8 Å². The van der Waals surface area contributed by atoms with Gasteiger partial charge in [-0.25, -0.2) is 0 Å². The molecule has 0 radical (unpaired) electrons. The number of nitrogens with one attached hydrogen (secondary N) is 1. The average Bonchev–Trinajstić information content (AvgIpc) is 2.38. The molecule has 1 aromatic rings. The van der Waals surface area contributed by atoms with Crippen LogP contribution in [0.4, 0.5) is 0 Å². The minimum atomic E-state index is 0.230. The third kappa shape index (κ3) is 4.94. The van der Waals surface area contributed by atoms with E-state index in [2.05, 4.69) is 12.2 Å². The molecular formula is C14H23NO3. The van der Waals surface area contributed by atoms with Gasteiger partial charge in [0.2, 0.25) is 0 Å². The highest BCUT2D eigenvalue weighted by atomic mass is 16.7. The second-order valence-electron chi connectivity index (χ2n) is 3.94. The van der Waals surface area contributed by atoms with Crippen LogP contribution in [0.15, 0.2) is 18.2 Å². The first-order chi connectivity index (χ1) is 8.81. The van der Waals surface area contributed by atoms with Crippen LogP contribution < -0.4 is 14.8 Å². The smallest absolute Gasteiger partial charge is 0.188 e. The van der Waals surface area contributed by atoms with Gasteiger partial charge in [0.25, 0.3) is 0 Å². The van der Waals surface area contributed by atoms with E-state index in [9.17, 15) is 0 Å². The Morgan fingerprint density at radius 3 is 2.61 bits per heavy atom. The predicted octanol–water partition coefficient (Wildman–Crippen LogP) is 2.57. The van der Waals surface area contributed by atoms with Gasteiger partial charge in [0.15, 0.2) is 18.3 Å².